The third-order valence-corrected chi connectivity index (χ3v) is 3.62. The molecule has 5 heteroatoms. The van der Waals surface area contributed by atoms with Crippen molar-refractivity contribution in [3.63, 3.8) is 0 Å². The molecule has 0 aromatic carbocycles. The first kappa shape index (κ1) is 13.2. The van der Waals surface area contributed by atoms with Gasteiger partial charge in [0.05, 0.1) is 0 Å². The number of rotatable bonds is 0. The van der Waals surface area contributed by atoms with Gasteiger partial charge in [-0.2, -0.15) is 5.10 Å². The Labute approximate surface area is 108 Å². The molecule has 1 heterocycles. The number of amides is 1. The van der Waals surface area contributed by atoms with E-state index >= 15 is 0 Å². The molecule has 2 N–H and O–H groups in total. The molecule has 2 aliphatic rings. The van der Waals surface area contributed by atoms with Gasteiger partial charge in [0.15, 0.2) is 0 Å². The van der Waals surface area contributed by atoms with Crippen LogP contribution in [0.15, 0.2) is 5.10 Å². The molecule has 2 rings (SSSR count). The molecule has 2 atom stereocenters. The number of ether oxygens (including phenoxy) is 1. The van der Waals surface area contributed by atoms with E-state index in [0.29, 0.717) is 24.9 Å². The van der Waals surface area contributed by atoms with E-state index in [2.05, 4.69) is 5.10 Å². The minimum Gasteiger partial charge on any atom is -0.444 e. The topological polar surface area (TPSA) is 67.9 Å². The molecule has 1 amide bonds. The van der Waals surface area contributed by atoms with Crippen molar-refractivity contribution < 1.29 is 9.53 Å². The fraction of sp³-hybridized carbons (Fsp3) is 0.846. The number of nitrogens with zero attached hydrogens (tertiary/aromatic N) is 2. The molecule has 1 saturated heterocycles. The molecule has 1 aliphatic carbocycles. The van der Waals surface area contributed by atoms with Crippen molar-refractivity contribution in [2.24, 2.45) is 22.8 Å². The van der Waals surface area contributed by atoms with Gasteiger partial charge < -0.3 is 15.5 Å². The van der Waals surface area contributed by atoms with Crippen LogP contribution >= 0.6 is 0 Å². The van der Waals surface area contributed by atoms with Gasteiger partial charge in [0, 0.05) is 30.6 Å². The largest absolute Gasteiger partial charge is 0.444 e. The zero-order valence-corrected chi connectivity index (χ0v) is 11.5. The lowest BCUT2D eigenvalue weighted by molar-refractivity contribution is 0.0172. The summed E-state index contributed by atoms with van der Waals surface area (Å²) in [6.45, 7) is 7.07. The van der Waals surface area contributed by atoms with Crippen LogP contribution in [-0.4, -0.2) is 35.4 Å². The molecule has 0 spiro atoms. The van der Waals surface area contributed by atoms with Crippen molar-refractivity contribution in [3.8, 4) is 0 Å². The summed E-state index contributed by atoms with van der Waals surface area (Å²) in [5.74, 6) is 6.13. The second kappa shape index (κ2) is 4.78. The first-order chi connectivity index (χ1) is 8.40. The Balaban J connectivity index is 2.04. The molecule has 2 bridgehead atoms. The van der Waals surface area contributed by atoms with Crippen molar-refractivity contribution in [2.45, 2.75) is 45.6 Å². The van der Waals surface area contributed by atoms with E-state index in [1.807, 2.05) is 25.7 Å². The van der Waals surface area contributed by atoms with Crippen molar-refractivity contribution in [2.75, 3.05) is 13.1 Å². The van der Waals surface area contributed by atoms with E-state index in [1.165, 1.54) is 6.42 Å². The maximum absolute atomic E-state index is 12.1. The van der Waals surface area contributed by atoms with Crippen LogP contribution in [0.25, 0.3) is 0 Å². The Bertz CT molecular complexity index is 344. The number of piperidine rings is 1. The smallest absolute Gasteiger partial charge is 0.410 e. The van der Waals surface area contributed by atoms with Gasteiger partial charge in [0.2, 0.25) is 0 Å². The second-order valence-electron chi connectivity index (χ2n) is 6.26. The van der Waals surface area contributed by atoms with E-state index in [0.717, 1.165) is 18.6 Å². The fourth-order valence-corrected chi connectivity index (χ4v) is 2.90. The van der Waals surface area contributed by atoms with Gasteiger partial charge in [0.25, 0.3) is 0 Å². The van der Waals surface area contributed by atoms with Crippen molar-refractivity contribution in [3.05, 3.63) is 0 Å². The first-order valence-electron chi connectivity index (χ1n) is 6.66. The van der Waals surface area contributed by atoms with Gasteiger partial charge in [-0.3, -0.25) is 0 Å². The molecule has 0 aromatic heterocycles. The highest BCUT2D eigenvalue weighted by Gasteiger charge is 2.39. The van der Waals surface area contributed by atoms with Gasteiger partial charge >= 0.3 is 6.09 Å². The third-order valence-electron chi connectivity index (χ3n) is 3.62. The minimum atomic E-state index is -0.436. The average Bonchev–Trinajstić information content (AvgIpc) is 2.24. The van der Waals surface area contributed by atoms with Crippen LogP contribution in [0.2, 0.25) is 0 Å². The number of fused-ring (bicyclic) bond motifs is 2. The Morgan fingerprint density at radius 3 is 2.33 bits per heavy atom. The highest BCUT2D eigenvalue weighted by atomic mass is 16.6. The number of carbonyl (C=O) groups is 1. The highest BCUT2D eigenvalue weighted by molar-refractivity contribution is 5.91. The summed E-state index contributed by atoms with van der Waals surface area (Å²) in [6.07, 6.45) is 3.14. The standard InChI is InChI=1S/C13H23N3O2/c1-13(2,3)18-12(17)16-7-9-5-4-6-10(8-16)11(9)15-14/h9-10H,4-8,14H2,1-3H3. The summed E-state index contributed by atoms with van der Waals surface area (Å²) < 4.78 is 5.43. The molecular weight excluding hydrogens is 230 g/mol. The Morgan fingerprint density at radius 1 is 1.33 bits per heavy atom. The Hall–Kier alpha value is -1.26. The summed E-state index contributed by atoms with van der Waals surface area (Å²) in [7, 11) is 0. The number of hydrogen-bond acceptors (Lipinski definition) is 4. The number of likely N-dealkylation sites (tertiary alicyclic amines) is 1. The molecule has 102 valence electrons. The zero-order chi connectivity index (χ0) is 13.3. The summed E-state index contributed by atoms with van der Waals surface area (Å²) in [6, 6.07) is 0. The summed E-state index contributed by atoms with van der Waals surface area (Å²) in [4.78, 5) is 13.9. The molecule has 2 fully saturated rings. The molecular formula is C13H23N3O2. The molecule has 2 unspecified atom stereocenters. The maximum atomic E-state index is 12.1. The summed E-state index contributed by atoms with van der Waals surface area (Å²) in [5, 5.41) is 3.94. The molecule has 0 radical (unpaired) electrons. The zero-order valence-electron chi connectivity index (χ0n) is 11.5. The van der Waals surface area contributed by atoms with Gasteiger partial charge in [0.1, 0.15) is 5.60 Å². The molecule has 1 aliphatic heterocycles. The molecule has 0 aromatic rings. The monoisotopic (exact) mass is 253 g/mol. The number of carbonyl (C=O) groups excluding carboxylic acids is 1. The van der Waals surface area contributed by atoms with Crippen LogP contribution in [0.5, 0.6) is 0 Å². The summed E-state index contributed by atoms with van der Waals surface area (Å²) >= 11 is 0. The number of hydrazone groups is 1. The lowest BCUT2D eigenvalue weighted by Crippen LogP contribution is -2.52. The van der Waals surface area contributed by atoms with E-state index in [1.54, 1.807) is 0 Å². The van der Waals surface area contributed by atoms with E-state index in [9.17, 15) is 4.79 Å². The number of nitrogens with two attached hydrogens (primary N) is 1. The molecule has 5 nitrogen and oxygen atoms in total. The van der Waals surface area contributed by atoms with Gasteiger partial charge in [-0.15, -0.1) is 0 Å². The van der Waals surface area contributed by atoms with Crippen molar-refractivity contribution >= 4 is 11.8 Å². The van der Waals surface area contributed by atoms with E-state index in [4.69, 9.17) is 10.6 Å². The van der Waals surface area contributed by atoms with Crippen LogP contribution in [0.3, 0.4) is 0 Å². The highest BCUT2D eigenvalue weighted by Crippen LogP contribution is 2.32. The van der Waals surface area contributed by atoms with Gasteiger partial charge in [-0.25, -0.2) is 4.79 Å². The Morgan fingerprint density at radius 2 is 1.89 bits per heavy atom. The second-order valence-corrected chi connectivity index (χ2v) is 6.26. The first-order valence-corrected chi connectivity index (χ1v) is 6.66. The van der Waals surface area contributed by atoms with Gasteiger partial charge in [-0.1, -0.05) is 6.42 Å². The third kappa shape index (κ3) is 2.76. The quantitative estimate of drug-likeness (QED) is 0.530. The molecule has 18 heavy (non-hydrogen) atoms. The normalized spacial score (nSPS) is 27.9. The van der Waals surface area contributed by atoms with Crippen molar-refractivity contribution in [1.82, 2.24) is 4.90 Å². The lowest BCUT2D eigenvalue weighted by Gasteiger charge is -2.42. The van der Waals surface area contributed by atoms with E-state index < -0.39 is 5.60 Å². The number of hydrogen-bond donors (Lipinski definition) is 1. The van der Waals surface area contributed by atoms with Crippen LogP contribution in [-0.2, 0) is 4.74 Å². The average molecular weight is 253 g/mol. The van der Waals surface area contributed by atoms with Gasteiger partial charge in [-0.05, 0) is 33.6 Å². The summed E-state index contributed by atoms with van der Waals surface area (Å²) in [5.41, 5.74) is 0.662. The van der Waals surface area contributed by atoms with Crippen molar-refractivity contribution in [1.29, 1.82) is 0 Å². The predicted molar refractivity (Wildman–Crippen MR) is 70.3 cm³/mol. The minimum absolute atomic E-state index is 0.213. The Kier molecular flexibility index (Phi) is 3.50. The predicted octanol–water partition coefficient (Wildman–Crippen LogP) is 1.97. The maximum Gasteiger partial charge on any atom is 0.410 e. The van der Waals surface area contributed by atoms with Crippen LogP contribution < -0.4 is 5.84 Å². The lowest BCUT2D eigenvalue weighted by atomic mass is 9.76. The van der Waals surface area contributed by atoms with Crippen LogP contribution in [0, 0.1) is 11.8 Å². The SMILES string of the molecule is CC(C)(C)OC(=O)N1CC2CCCC(C1)C2=NN. The molecule has 1 saturated carbocycles. The van der Waals surface area contributed by atoms with E-state index in [-0.39, 0.29) is 6.09 Å². The fourth-order valence-electron chi connectivity index (χ4n) is 2.90. The van der Waals surface area contributed by atoms with Crippen LogP contribution in [0.1, 0.15) is 40.0 Å². The van der Waals surface area contributed by atoms with Crippen LogP contribution in [0.4, 0.5) is 4.79 Å².